The van der Waals surface area contributed by atoms with Crippen LogP contribution in [0.1, 0.15) is 6.42 Å². The van der Waals surface area contributed by atoms with E-state index < -0.39 is 35.9 Å². The molecule has 8 nitrogen and oxygen atoms in total. The molecular formula is C11H19N3O5S. The highest BCUT2D eigenvalue weighted by atomic mass is 32.2. The number of primary amides is 1. The van der Waals surface area contributed by atoms with Crippen LogP contribution in [0.5, 0.6) is 0 Å². The van der Waals surface area contributed by atoms with Gasteiger partial charge in [-0.15, -0.1) is 0 Å². The summed E-state index contributed by atoms with van der Waals surface area (Å²) in [5.74, 6) is -1.56. The number of nitrogens with one attached hydrogen (secondary N) is 2. The average Bonchev–Trinajstić information content (AvgIpc) is 2.82. The zero-order valence-corrected chi connectivity index (χ0v) is 11.9. The van der Waals surface area contributed by atoms with Gasteiger partial charge < -0.3 is 26.2 Å². The summed E-state index contributed by atoms with van der Waals surface area (Å²) in [6, 6.07) is -2.15. The summed E-state index contributed by atoms with van der Waals surface area (Å²) in [5, 5.41) is 14.0. The number of amides is 3. The van der Waals surface area contributed by atoms with E-state index in [0.717, 1.165) is 0 Å². The van der Waals surface area contributed by atoms with Crippen molar-refractivity contribution in [3.8, 4) is 0 Å². The molecule has 1 saturated heterocycles. The molecule has 3 unspecified atom stereocenters. The van der Waals surface area contributed by atoms with Crippen LogP contribution in [0.15, 0.2) is 0 Å². The van der Waals surface area contributed by atoms with Gasteiger partial charge >= 0.3 is 12.0 Å². The molecule has 9 heteroatoms. The highest BCUT2D eigenvalue weighted by Crippen LogP contribution is 2.14. The molecule has 3 atom stereocenters. The van der Waals surface area contributed by atoms with E-state index in [0.29, 0.717) is 12.2 Å². The van der Waals surface area contributed by atoms with E-state index in [1.807, 2.05) is 6.26 Å². The molecule has 0 aromatic carbocycles. The van der Waals surface area contributed by atoms with Gasteiger partial charge in [0, 0.05) is 0 Å². The van der Waals surface area contributed by atoms with E-state index in [-0.39, 0.29) is 13.2 Å². The van der Waals surface area contributed by atoms with Gasteiger partial charge in [0.25, 0.3) is 0 Å². The standard InChI is InChI=1S/C11H19N3O5S/c1-20-3-2-7(14-11(12)18)9(15)13-8-5-19-4-6(8)10(16)17/h6-8H,2-5H2,1H3,(H,13,15)(H,16,17)(H3,12,14,18). The van der Waals surface area contributed by atoms with Gasteiger partial charge in [-0.1, -0.05) is 0 Å². The van der Waals surface area contributed by atoms with Crippen molar-refractivity contribution in [1.29, 1.82) is 0 Å². The third-order valence-electron chi connectivity index (χ3n) is 2.97. The summed E-state index contributed by atoms with van der Waals surface area (Å²) in [6.45, 7) is 0.216. The average molecular weight is 305 g/mol. The highest BCUT2D eigenvalue weighted by molar-refractivity contribution is 7.98. The first-order valence-electron chi connectivity index (χ1n) is 6.11. The molecule has 0 spiro atoms. The first-order valence-corrected chi connectivity index (χ1v) is 7.51. The molecule has 1 heterocycles. The van der Waals surface area contributed by atoms with Crippen molar-refractivity contribution < 1.29 is 24.2 Å². The molecule has 3 amide bonds. The molecule has 1 aliphatic heterocycles. The van der Waals surface area contributed by atoms with Gasteiger partial charge in [-0.05, 0) is 18.4 Å². The number of hydrogen-bond acceptors (Lipinski definition) is 5. The van der Waals surface area contributed by atoms with Crippen molar-refractivity contribution in [3.05, 3.63) is 0 Å². The lowest BCUT2D eigenvalue weighted by Gasteiger charge is -2.21. The summed E-state index contributed by atoms with van der Waals surface area (Å²) >= 11 is 1.53. The van der Waals surface area contributed by atoms with E-state index in [1.165, 1.54) is 11.8 Å². The fraction of sp³-hybridized carbons (Fsp3) is 0.727. The minimum Gasteiger partial charge on any atom is -0.481 e. The van der Waals surface area contributed by atoms with Gasteiger partial charge in [0.2, 0.25) is 5.91 Å². The number of nitrogens with two attached hydrogens (primary N) is 1. The summed E-state index contributed by atoms with van der Waals surface area (Å²) in [5.41, 5.74) is 5.03. The Bertz CT molecular complexity index is 379. The molecule has 0 radical (unpaired) electrons. The molecule has 0 aromatic rings. The van der Waals surface area contributed by atoms with E-state index >= 15 is 0 Å². The monoisotopic (exact) mass is 305 g/mol. The van der Waals surface area contributed by atoms with Gasteiger partial charge in [0.05, 0.1) is 19.3 Å². The second-order valence-corrected chi connectivity index (χ2v) is 5.43. The van der Waals surface area contributed by atoms with Gasteiger partial charge in [-0.3, -0.25) is 9.59 Å². The molecule has 20 heavy (non-hydrogen) atoms. The lowest BCUT2D eigenvalue weighted by atomic mass is 10.0. The van der Waals surface area contributed by atoms with E-state index in [9.17, 15) is 14.4 Å². The number of carboxylic acids is 1. The van der Waals surface area contributed by atoms with E-state index in [4.69, 9.17) is 15.6 Å². The number of ether oxygens (including phenoxy) is 1. The SMILES string of the molecule is CSCCC(NC(N)=O)C(=O)NC1COCC1C(=O)O. The second-order valence-electron chi connectivity index (χ2n) is 4.44. The maximum absolute atomic E-state index is 12.1. The normalized spacial score (nSPS) is 23.1. The Morgan fingerprint density at radius 2 is 2.15 bits per heavy atom. The number of urea groups is 1. The summed E-state index contributed by atoms with van der Waals surface area (Å²) < 4.78 is 5.06. The van der Waals surface area contributed by atoms with Gasteiger partial charge in [0.15, 0.2) is 0 Å². The zero-order chi connectivity index (χ0) is 15.1. The maximum Gasteiger partial charge on any atom is 0.312 e. The third kappa shape index (κ3) is 4.89. The Labute approximate surface area is 120 Å². The predicted octanol–water partition coefficient (Wildman–Crippen LogP) is -1.01. The van der Waals surface area contributed by atoms with Crippen LogP contribution in [0.3, 0.4) is 0 Å². The van der Waals surface area contributed by atoms with Crippen LogP contribution < -0.4 is 16.4 Å². The largest absolute Gasteiger partial charge is 0.481 e. The fourth-order valence-electron chi connectivity index (χ4n) is 1.90. The van der Waals surface area contributed by atoms with Gasteiger partial charge in [0.1, 0.15) is 12.0 Å². The molecule has 0 saturated carbocycles. The van der Waals surface area contributed by atoms with Gasteiger partial charge in [-0.2, -0.15) is 11.8 Å². The Kier molecular flexibility index (Phi) is 6.59. The van der Waals surface area contributed by atoms with Crippen LogP contribution in [0.2, 0.25) is 0 Å². The third-order valence-corrected chi connectivity index (χ3v) is 3.61. The number of rotatable bonds is 7. The molecule has 0 aromatic heterocycles. The number of aliphatic carboxylic acids is 1. The zero-order valence-electron chi connectivity index (χ0n) is 11.1. The van der Waals surface area contributed by atoms with Crippen LogP contribution in [0.4, 0.5) is 4.79 Å². The minimum absolute atomic E-state index is 0.0685. The minimum atomic E-state index is -1.02. The van der Waals surface area contributed by atoms with Crippen molar-refractivity contribution in [3.63, 3.8) is 0 Å². The lowest BCUT2D eigenvalue weighted by molar-refractivity contribution is -0.142. The number of carboxylic acid groups (broad SMARTS) is 1. The van der Waals surface area contributed by atoms with Crippen molar-refractivity contribution in [2.45, 2.75) is 18.5 Å². The first-order chi connectivity index (χ1) is 9.45. The molecule has 5 N–H and O–H groups in total. The quantitative estimate of drug-likeness (QED) is 0.477. The number of thioether (sulfide) groups is 1. The molecule has 1 aliphatic rings. The summed E-state index contributed by atoms with van der Waals surface area (Å²) in [4.78, 5) is 34.0. The van der Waals surface area contributed by atoms with Crippen molar-refractivity contribution in [2.75, 3.05) is 25.2 Å². The smallest absolute Gasteiger partial charge is 0.312 e. The lowest BCUT2D eigenvalue weighted by Crippen LogP contribution is -2.53. The summed E-state index contributed by atoms with van der Waals surface area (Å²) in [6.07, 6.45) is 2.30. The Morgan fingerprint density at radius 1 is 1.45 bits per heavy atom. The Balaban J connectivity index is 2.60. The molecule has 0 aliphatic carbocycles. The Morgan fingerprint density at radius 3 is 2.70 bits per heavy atom. The molecular weight excluding hydrogens is 286 g/mol. The topological polar surface area (TPSA) is 131 Å². The fourth-order valence-corrected chi connectivity index (χ4v) is 2.37. The molecule has 0 bridgehead atoms. The van der Waals surface area contributed by atoms with Crippen molar-refractivity contribution in [2.24, 2.45) is 11.7 Å². The maximum atomic E-state index is 12.1. The van der Waals surface area contributed by atoms with Crippen molar-refractivity contribution in [1.82, 2.24) is 10.6 Å². The summed E-state index contributed by atoms with van der Waals surface area (Å²) in [7, 11) is 0. The van der Waals surface area contributed by atoms with Crippen LogP contribution in [0.25, 0.3) is 0 Å². The molecule has 114 valence electrons. The first kappa shape index (κ1) is 16.6. The van der Waals surface area contributed by atoms with E-state index in [2.05, 4.69) is 10.6 Å². The van der Waals surface area contributed by atoms with Gasteiger partial charge in [-0.25, -0.2) is 4.79 Å². The molecule has 1 fully saturated rings. The predicted molar refractivity (Wildman–Crippen MR) is 73.4 cm³/mol. The highest BCUT2D eigenvalue weighted by Gasteiger charge is 2.36. The van der Waals surface area contributed by atoms with Crippen LogP contribution in [0, 0.1) is 5.92 Å². The van der Waals surface area contributed by atoms with Crippen LogP contribution in [-0.4, -0.2) is 60.3 Å². The number of hydrogen-bond donors (Lipinski definition) is 4. The van der Waals surface area contributed by atoms with Crippen LogP contribution >= 0.6 is 11.8 Å². The van der Waals surface area contributed by atoms with E-state index in [1.54, 1.807) is 0 Å². The number of carbonyl (C=O) groups is 3. The number of carbonyl (C=O) groups excluding carboxylic acids is 2. The molecule has 1 rings (SSSR count). The van der Waals surface area contributed by atoms with Crippen LogP contribution in [-0.2, 0) is 14.3 Å². The second kappa shape index (κ2) is 7.95. The van der Waals surface area contributed by atoms with Crippen molar-refractivity contribution >= 4 is 29.7 Å². The Hall–Kier alpha value is -1.48.